The van der Waals surface area contributed by atoms with Crippen LogP contribution in [0.25, 0.3) is 10.6 Å². The number of hydrogen-bond acceptors (Lipinski definition) is 6. The number of nitrogens with zero attached hydrogens (tertiary/aromatic N) is 2. The van der Waals surface area contributed by atoms with E-state index in [-0.39, 0.29) is 11.6 Å². The molecule has 0 aliphatic carbocycles. The van der Waals surface area contributed by atoms with Gasteiger partial charge in [0, 0.05) is 24.0 Å². The van der Waals surface area contributed by atoms with Gasteiger partial charge >= 0.3 is 0 Å². The van der Waals surface area contributed by atoms with Crippen LogP contribution >= 0.6 is 11.3 Å². The number of benzene rings is 1. The Kier molecular flexibility index (Phi) is 5.45. The third kappa shape index (κ3) is 4.83. The lowest BCUT2D eigenvalue weighted by Gasteiger charge is -2.26. The van der Waals surface area contributed by atoms with Gasteiger partial charge in [-0.2, -0.15) is 0 Å². The van der Waals surface area contributed by atoms with Gasteiger partial charge in [-0.1, -0.05) is 0 Å². The van der Waals surface area contributed by atoms with Crippen LogP contribution in [0.4, 0.5) is 4.39 Å². The molecule has 1 aromatic carbocycles. The van der Waals surface area contributed by atoms with E-state index in [4.69, 9.17) is 4.74 Å². The zero-order valence-electron chi connectivity index (χ0n) is 13.4. The van der Waals surface area contributed by atoms with Crippen molar-refractivity contribution in [2.75, 3.05) is 32.1 Å². The van der Waals surface area contributed by atoms with Crippen molar-refractivity contribution < 1.29 is 22.3 Å². The van der Waals surface area contributed by atoms with E-state index >= 15 is 0 Å². The van der Waals surface area contributed by atoms with Crippen molar-refractivity contribution in [3.05, 3.63) is 41.2 Å². The Morgan fingerprint density at radius 1 is 1.24 bits per heavy atom. The second-order valence-corrected chi connectivity index (χ2v) is 8.60. The molecule has 0 atom stereocenters. The second-order valence-electron chi connectivity index (χ2n) is 5.68. The Morgan fingerprint density at radius 3 is 2.60 bits per heavy atom. The fraction of sp³-hybridized carbons (Fsp3) is 0.375. The monoisotopic (exact) mass is 384 g/mol. The molecule has 0 spiro atoms. The highest BCUT2D eigenvalue weighted by molar-refractivity contribution is 7.91. The van der Waals surface area contributed by atoms with Crippen LogP contribution in [0.2, 0.25) is 0 Å². The van der Waals surface area contributed by atoms with Crippen LogP contribution < -0.4 is 0 Å². The molecule has 0 radical (unpaired) electrons. The number of morpholine rings is 1. The number of aromatic nitrogens is 1. The Bertz CT molecular complexity index is 843. The standard InChI is InChI=1S/C16H17FN2O4S2/c17-13-3-1-12(2-4-13)16-18-14(9-24-16)10-25(21,22)11-15(20)19-5-7-23-8-6-19/h1-4,9H,5-8,10-11H2. The van der Waals surface area contributed by atoms with Crippen molar-refractivity contribution in [1.82, 2.24) is 9.88 Å². The summed E-state index contributed by atoms with van der Waals surface area (Å²) in [7, 11) is -3.61. The molecule has 25 heavy (non-hydrogen) atoms. The molecule has 1 aromatic heterocycles. The summed E-state index contributed by atoms with van der Waals surface area (Å²) in [5, 5.41) is 2.26. The van der Waals surface area contributed by atoms with Gasteiger partial charge in [0.1, 0.15) is 16.6 Å². The highest BCUT2D eigenvalue weighted by atomic mass is 32.2. The highest BCUT2D eigenvalue weighted by Crippen LogP contribution is 2.24. The molecule has 0 unspecified atom stereocenters. The van der Waals surface area contributed by atoms with Gasteiger partial charge < -0.3 is 9.64 Å². The predicted molar refractivity (Wildman–Crippen MR) is 92.4 cm³/mol. The van der Waals surface area contributed by atoms with Gasteiger partial charge in [0.25, 0.3) is 0 Å². The van der Waals surface area contributed by atoms with Gasteiger partial charge in [0.05, 0.1) is 24.7 Å². The fourth-order valence-electron chi connectivity index (χ4n) is 2.47. The zero-order valence-corrected chi connectivity index (χ0v) is 15.0. The SMILES string of the molecule is O=C(CS(=O)(=O)Cc1csc(-c2ccc(F)cc2)n1)N1CCOCC1. The first kappa shape index (κ1) is 18.0. The van der Waals surface area contributed by atoms with Crippen molar-refractivity contribution in [3.8, 4) is 10.6 Å². The van der Waals surface area contributed by atoms with Gasteiger partial charge in [-0.05, 0) is 24.3 Å². The van der Waals surface area contributed by atoms with Gasteiger partial charge in [-0.15, -0.1) is 11.3 Å². The molecule has 134 valence electrons. The van der Waals surface area contributed by atoms with E-state index in [1.807, 2.05) is 0 Å². The molecule has 1 saturated heterocycles. The Labute approximate surface area is 149 Å². The first-order chi connectivity index (χ1) is 11.9. The predicted octanol–water partition coefficient (Wildman–Crippen LogP) is 1.72. The van der Waals surface area contributed by atoms with Crippen LogP contribution in [-0.2, 0) is 25.1 Å². The number of thiazole rings is 1. The molecule has 1 fully saturated rings. The van der Waals surface area contributed by atoms with Crippen molar-refractivity contribution in [3.63, 3.8) is 0 Å². The number of hydrogen-bond donors (Lipinski definition) is 0. The van der Waals surface area contributed by atoms with Crippen LogP contribution in [0, 0.1) is 5.82 Å². The van der Waals surface area contributed by atoms with Crippen LogP contribution in [0.15, 0.2) is 29.6 Å². The maximum Gasteiger partial charge on any atom is 0.237 e. The minimum atomic E-state index is -3.61. The van der Waals surface area contributed by atoms with E-state index in [1.54, 1.807) is 17.5 Å². The normalized spacial score (nSPS) is 15.3. The lowest BCUT2D eigenvalue weighted by atomic mass is 10.2. The summed E-state index contributed by atoms with van der Waals surface area (Å²) >= 11 is 1.29. The smallest absolute Gasteiger partial charge is 0.237 e. The lowest BCUT2D eigenvalue weighted by molar-refractivity contribution is -0.132. The average molecular weight is 384 g/mol. The molecule has 0 saturated carbocycles. The molecular weight excluding hydrogens is 367 g/mol. The van der Waals surface area contributed by atoms with Gasteiger partial charge in [-0.3, -0.25) is 4.79 Å². The van der Waals surface area contributed by atoms with Gasteiger partial charge in [0.15, 0.2) is 9.84 Å². The quantitative estimate of drug-likeness (QED) is 0.785. The van der Waals surface area contributed by atoms with Crippen LogP contribution in [0.3, 0.4) is 0 Å². The van der Waals surface area contributed by atoms with Gasteiger partial charge in [-0.25, -0.2) is 17.8 Å². The molecule has 2 aromatic rings. The van der Waals surface area contributed by atoms with E-state index in [0.717, 1.165) is 5.56 Å². The summed E-state index contributed by atoms with van der Waals surface area (Å²) < 4.78 is 42.7. The fourth-order valence-corrected chi connectivity index (χ4v) is 4.66. The van der Waals surface area contributed by atoms with Crippen molar-refractivity contribution in [1.29, 1.82) is 0 Å². The largest absolute Gasteiger partial charge is 0.378 e. The van der Waals surface area contributed by atoms with Crippen LogP contribution in [0.1, 0.15) is 5.69 Å². The third-order valence-electron chi connectivity index (χ3n) is 3.72. The van der Waals surface area contributed by atoms with Crippen LogP contribution in [-0.4, -0.2) is 56.3 Å². The highest BCUT2D eigenvalue weighted by Gasteiger charge is 2.24. The summed E-state index contributed by atoms with van der Waals surface area (Å²) in [4.78, 5) is 17.9. The van der Waals surface area contributed by atoms with E-state index in [1.165, 1.54) is 28.4 Å². The number of ether oxygens (including phenoxy) is 1. The van der Waals surface area contributed by atoms with Gasteiger partial charge in [0.2, 0.25) is 5.91 Å². The summed E-state index contributed by atoms with van der Waals surface area (Å²) in [6.45, 7) is 1.69. The molecule has 1 amide bonds. The first-order valence-electron chi connectivity index (χ1n) is 7.69. The van der Waals surface area contributed by atoms with Crippen molar-refractivity contribution in [2.45, 2.75) is 5.75 Å². The summed E-state index contributed by atoms with van der Waals surface area (Å²) in [6.07, 6.45) is 0. The molecule has 0 bridgehead atoms. The number of carbonyl (C=O) groups excluding carboxylic acids is 1. The first-order valence-corrected chi connectivity index (χ1v) is 10.4. The molecular formula is C16H17FN2O4S2. The molecule has 1 aliphatic heterocycles. The second kappa shape index (κ2) is 7.59. The van der Waals surface area contributed by atoms with E-state index in [2.05, 4.69) is 4.98 Å². The Morgan fingerprint density at radius 2 is 1.92 bits per heavy atom. The third-order valence-corrected chi connectivity index (χ3v) is 6.08. The zero-order chi connectivity index (χ0) is 17.9. The number of amides is 1. The van der Waals surface area contributed by atoms with Crippen LogP contribution in [0.5, 0.6) is 0 Å². The molecule has 3 rings (SSSR count). The molecule has 9 heteroatoms. The summed E-state index contributed by atoms with van der Waals surface area (Å²) in [5.74, 6) is -1.57. The number of halogens is 1. The topological polar surface area (TPSA) is 76.6 Å². The van der Waals surface area contributed by atoms with E-state index in [9.17, 15) is 17.6 Å². The molecule has 1 aliphatic rings. The maximum absolute atomic E-state index is 13.0. The number of sulfone groups is 1. The average Bonchev–Trinajstić information content (AvgIpc) is 3.03. The van der Waals surface area contributed by atoms with Crippen molar-refractivity contribution >= 4 is 27.1 Å². The summed E-state index contributed by atoms with van der Waals surface area (Å²) in [6, 6.07) is 5.84. The molecule has 0 N–H and O–H groups in total. The molecule has 6 nitrogen and oxygen atoms in total. The maximum atomic E-state index is 13.0. The number of rotatable bonds is 5. The van der Waals surface area contributed by atoms with E-state index in [0.29, 0.717) is 37.0 Å². The number of carbonyl (C=O) groups is 1. The minimum absolute atomic E-state index is 0.291. The lowest BCUT2D eigenvalue weighted by Crippen LogP contribution is -2.43. The minimum Gasteiger partial charge on any atom is -0.378 e. The Balaban J connectivity index is 1.64. The molecule has 2 heterocycles. The summed E-state index contributed by atoms with van der Waals surface area (Å²) in [5.41, 5.74) is 1.11. The van der Waals surface area contributed by atoms with Crippen molar-refractivity contribution in [2.24, 2.45) is 0 Å². The Hall–Kier alpha value is -1.84. The van der Waals surface area contributed by atoms with E-state index < -0.39 is 21.5 Å².